The summed E-state index contributed by atoms with van der Waals surface area (Å²) in [5.74, 6) is 0.701. The molecule has 1 N–H and O–H groups in total. The van der Waals surface area contributed by atoms with E-state index >= 15 is 0 Å². The second-order valence-corrected chi connectivity index (χ2v) is 4.22. The minimum Gasteiger partial charge on any atom is -0.390 e. The van der Waals surface area contributed by atoms with E-state index < -0.39 is 0 Å². The molecule has 2 rings (SSSR count). The van der Waals surface area contributed by atoms with Gasteiger partial charge in [-0.1, -0.05) is 0 Å². The van der Waals surface area contributed by atoms with E-state index in [2.05, 4.69) is 15.0 Å². The Morgan fingerprint density at radius 3 is 2.87 bits per heavy atom. The monoisotopic (exact) mass is 221 g/mol. The van der Waals surface area contributed by atoms with E-state index in [1.54, 1.807) is 23.6 Å². The molecule has 0 spiro atoms. The zero-order valence-electron chi connectivity index (χ0n) is 8.34. The van der Waals surface area contributed by atoms with Crippen LogP contribution in [0.15, 0.2) is 17.6 Å². The lowest BCUT2D eigenvalue weighted by molar-refractivity contribution is 0.276. The predicted octanol–water partition coefficient (Wildman–Crippen LogP) is 1.32. The molecule has 0 fully saturated rings. The van der Waals surface area contributed by atoms with E-state index in [-0.39, 0.29) is 6.61 Å². The van der Waals surface area contributed by atoms with Gasteiger partial charge in [0.1, 0.15) is 5.82 Å². The van der Waals surface area contributed by atoms with Crippen molar-refractivity contribution in [2.45, 2.75) is 20.0 Å². The zero-order valence-corrected chi connectivity index (χ0v) is 9.16. The van der Waals surface area contributed by atoms with Gasteiger partial charge in [-0.15, -0.1) is 11.3 Å². The first-order chi connectivity index (χ1) is 7.28. The van der Waals surface area contributed by atoms with E-state index in [9.17, 15) is 0 Å². The van der Waals surface area contributed by atoms with E-state index in [1.807, 2.05) is 12.3 Å². The number of hydrogen-bond acceptors (Lipinski definition) is 5. The van der Waals surface area contributed by atoms with Crippen molar-refractivity contribution in [3.63, 3.8) is 0 Å². The molecule has 0 aliphatic rings. The van der Waals surface area contributed by atoms with E-state index in [0.29, 0.717) is 17.9 Å². The van der Waals surface area contributed by atoms with Crippen molar-refractivity contribution in [3.8, 4) is 0 Å². The molecule has 5 heteroatoms. The quantitative estimate of drug-likeness (QED) is 0.849. The largest absolute Gasteiger partial charge is 0.390 e. The SMILES string of the molecule is Cc1nc(Cc2nccc(CO)n2)cs1. The Hall–Kier alpha value is -1.33. The molecule has 2 aromatic rings. The lowest BCUT2D eigenvalue weighted by Gasteiger charge is -1.99. The number of aryl methyl sites for hydroxylation is 1. The smallest absolute Gasteiger partial charge is 0.134 e. The molecule has 15 heavy (non-hydrogen) atoms. The summed E-state index contributed by atoms with van der Waals surface area (Å²) in [6, 6.07) is 1.70. The highest BCUT2D eigenvalue weighted by molar-refractivity contribution is 7.09. The summed E-state index contributed by atoms with van der Waals surface area (Å²) in [6.45, 7) is 1.92. The molecule has 0 saturated carbocycles. The summed E-state index contributed by atoms with van der Waals surface area (Å²) < 4.78 is 0. The van der Waals surface area contributed by atoms with Crippen molar-refractivity contribution < 1.29 is 5.11 Å². The first-order valence-corrected chi connectivity index (χ1v) is 5.48. The van der Waals surface area contributed by atoms with Gasteiger partial charge in [0, 0.05) is 11.6 Å². The molecule has 0 amide bonds. The van der Waals surface area contributed by atoms with Crippen LogP contribution in [0.1, 0.15) is 22.2 Å². The summed E-state index contributed by atoms with van der Waals surface area (Å²) in [5.41, 5.74) is 1.62. The molecule has 0 aliphatic carbocycles. The maximum atomic E-state index is 8.93. The van der Waals surface area contributed by atoms with Crippen LogP contribution in [0.3, 0.4) is 0 Å². The van der Waals surface area contributed by atoms with E-state index in [1.165, 1.54) is 0 Å². The van der Waals surface area contributed by atoms with Crippen molar-refractivity contribution >= 4 is 11.3 Å². The van der Waals surface area contributed by atoms with Crippen LogP contribution in [0.2, 0.25) is 0 Å². The van der Waals surface area contributed by atoms with Crippen molar-refractivity contribution in [1.29, 1.82) is 0 Å². The topological polar surface area (TPSA) is 58.9 Å². The minimum atomic E-state index is -0.0500. The number of aliphatic hydroxyl groups excluding tert-OH is 1. The Bertz CT molecular complexity index is 455. The van der Waals surface area contributed by atoms with Crippen LogP contribution in [0.4, 0.5) is 0 Å². The maximum Gasteiger partial charge on any atom is 0.134 e. The molecule has 0 saturated heterocycles. The van der Waals surface area contributed by atoms with Gasteiger partial charge in [0.15, 0.2) is 0 Å². The fourth-order valence-corrected chi connectivity index (χ4v) is 1.88. The van der Waals surface area contributed by atoms with Gasteiger partial charge in [0.2, 0.25) is 0 Å². The highest BCUT2D eigenvalue weighted by atomic mass is 32.1. The summed E-state index contributed by atoms with van der Waals surface area (Å²) in [7, 11) is 0. The standard InChI is InChI=1S/C10H11N3OS/c1-7-12-9(6-15-7)4-10-11-3-2-8(5-14)13-10/h2-3,6,14H,4-5H2,1H3. The number of aliphatic hydroxyl groups is 1. The summed E-state index contributed by atoms with van der Waals surface area (Å²) in [5, 5.41) is 12.0. The second kappa shape index (κ2) is 4.46. The minimum absolute atomic E-state index is 0.0500. The molecule has 78 valence electrons. The molecular weight excluding hydrogens is 210 g/mol. The first-order valence-electron chi connectivity index (χ1n) is 4.60. The normalized spacial score (nSPS) is 10.5. The van der Waals surface area contributed by atoms with Gasteiger partial charge in [-0.25, -0.2) is 15.0 Å². The zero-order chi connectivity index (χ0) is 10.7. The van der Waals surface area contributed by atoms with Crippen LogP contribution in [-0.2, 0) is 13.0 Å². The number of hydrogen-bond donors (Lipinski definition) is 1. The average molecular weight is 221 g/mol. The maximum absolute atomic E-state index is 8.93. The predicted molar refractivity (Wildman–Crippen MR) is 57.6 cm³/mol. The number of rotatable bonds is 3. The summed E-state index contributed by atoms with van der Waals surface area (Å²) in [6.07, 6.45) is 2.28. The summed E-state index contributed by atoms with van der Waals surface area (Å²) >= 11 is 1.62. The molecule has 0 aliphatic heterocycles. The second-order valence-electron chi connectivity index (χ2n) is 3.16. The fourth-order valence-electron chi connectivity index (χ4n) is 1.27. The Kier molecular flexibility index (Phi) is 3.03. The molecular formula is C10H11N3OS. The van der Waals surface area contributed by atoms with Crippen molar-refractivity contribution in [1.82, 2.24) is 15.0 Å². The van der Waals surface area contributed by atoms with Crippen LogP contribution in [0.5, 0.6) is 0 Å². The van der Waals surface area contributed by atoms with Gasteiger partial charge in [0.25, 0.3) is 0 Å². The van der Waals surface area contributed by atoms with Gasteiger partial charge in [0.05, 0.1) is 29.4 Å². The Balaban J connectivity index is 2.16. The van der Waals surface area contributed by atoms with Gasteiger partial charge in [-0.2, -0.15) is 0 Å². The van der Waals surface area contributed by atoms with Gasteiger partial charge in [-0.05, 0) is 13.0 Å². The molecule has 0 atom stereocenters. The molecule has 0 bridgehead atoms. The third kappa shape index (κ3) is 2.57. The lowest BCUT2D eigenvalue weighted by atomic mass is 10.3. The van der Waals surface area contributed by atoms with Crippen LogP contribution in [0.25, 0.3) is 0 Å². The first kappa shape index (κ1) is 10.2. The Morgan fingerprint density at radius 2 is 2.20 bits per heavy atom. The van der Waals surface area contributed by atoms with Crippen LogP contribution >= 0.6 is 11.3 Å². The molecule has 0 unspecified atom stereocenters. The molecule has 4 nitrogen and oxygen atoms in total. The Morgan fingerprint density at radius 1 is 1.33 bits per heavy atom. The molecule has 0 aromatic carbocycles. The van der Waals surface area contributed by atoms with Crippen LogP contribution in [0, 0.1) is 6.92 Å². The lowest BCUT2D eigenvalue weighted by Crippen LogP contribution is -2.00. The highest BCUT2D eigenvalue weighted by Crippen LogP contribution is 2.10. The molecule has 2 heterocycles. The van der Waals surface area contributed by atoms with Crippen LogP contribution in [-0.4, -0.2) is 20.1 Å². The number of aromatic nitrogens is 3. The van der Waals surface area contributed by atoms with Gasteiger partial charge >= 0.3 is 0 Å². The third-order valence-electron chi connectivity index (χ3n) is 1.93. The van der Waals surface area contributed by atoms with Crippen molar-refractivity contribution in [2.24, 2.45) is 0 Å². The number of thiazole rings is 1. The van der Waals surface area contributed by atoms with E-state index in [0.717, 1.165) is 10.7 Å². The van der Waals surface area contributed by atoms with Gasteiger partial charge < -0.3 is 5.11 Å². The summed E-state index contributed by atoms with van der Waals surface area (Å²) in [4.78, 5) is 12.7. The fraction of sp³-hybridized carbons (Fsp3) is 0.300. The third-order valence-corrected chi connectivity index (χ3v) is 2.75. The van der Waals surface area contributed by atoms with Crippen molar-refractivity contribution in [3.05, 3.63) is 39.9 Å². The van der Waals surface area contributed by atoms with Crippen LogP contribution < -0.4 is 0 Å². The van der Waals surface area contributed by atoms with Gasteiger partial charge in [-0.3, -0.25) is 0 Å². The van der Waals surface area contributed by atoms with E-state index in [4.69, 9.17) is 5.11 Å². The van der Waals surface area contributed by atoms with Crippen molar-refractivity contribution in [2.75, 3.05) is 0 Å². The number of nitrogens with zero attached hydrogens (tertiary/aromatic N) is 3. The average Bonchev–Trinajstić information content (AvgIpc) is 2.64. The highest BCUT2D eigenvalue weighted by Gasteiger charge is 2.03. The Labute approximate surface area is 91.7 Å². The molecule has 0 radical (unpaired) electrons. The molecule has 2 aromatic heterocycles.